The Balaban J connectivity index is 1.48. The van der Waals surface area contributed by atoms with Gasteiger partial charge in [-0.3, -0.25) is 4.79 Å². The zero-order valence-electron chi connectivity index (χ0n) is 13.1. The van der Waals surface area contributed by atoms with Gasteiger partial charge in [-0.15, -0.1) is 0 Å². The molecule has 0 saturated heterocycles. The van der Waals surface area contributed by atoms with Crippen molar-refractivity contribution in [1.29, 1.82) is 0 Å². The molecule has 3 heterocycles. The van der Waals surface area contributed by atoms with Crippen molar-refractivity contribution in [3.63, 3.8) is 0 Å². The van der Waals surface area contributed by atoms with Crippen molar-refractivity contribution < 1.29 is 4.79 Å². The Kier molecular flexibility index (Phi) is 3.80. The molecule has 7 nitrogen and oxygen atoms in total. The molecule has 1 N–H and O–H groups in total. The third-order valence-electron chi connectivity index (χ3n) is 3.59. The van der Waals surface area contributed by atoms with Crippen LogP contribution in [0.4, 0.5) is 5.82 Å². The monoisotopic (exact) mass is 330 g/mol. The lowest BCUT2D eigenvalue weighted by atomic mass is 10.3. The average Bonchev–Trinajstić information content (AvgIpc) is 3.31. The number of carbonyl (C=O) groups excluding carboxylic acids is 1. The predicted octanol–water partition coefficient (Wildman–Crippen LogP) is 2.57. The summed E-state index contributed by atoms with van der Waals surface area (Å²) >= 11 is 0. The number of nitrogens with one attached hydrogen (secondary N) is 1. The van der Waals surface area contributed by atoms with E-state index >= 15 is 0 Å². The van der Waals surface area contributed by atoms with E-state index in [0.717, 1.165) is 11.3 Å². The van der Waals surface area contributed by atoms with Crippen molar-refractivity contribution in [2.24, 2.45) is 0 Å². The highest BCUT2D eigenvalue weighted by Crippen LogP contribution is 2.10. The highest BCUT2D eigenvalue weighted by molar-refractivity contribution is 6.01. The quantitative estimate of drug-likeness (QED) is 0.583. The first-order chi connectivity index (χ1) is 12.3. The smallest absolute Gasteiger partial charge is 0.249 e. The Labute approximate surface area is 143 Å². The van der Waals surface area contributed by atoms with Gasteiger partial charge in [-0.25, -0.2) is 9.67 Å². The predicted molar refractivity (Wildman–Crippen MR) is 94.2 cm³/mol. The van der Waals surface area contributed by atoms with Crippen LogP contribution in [0.5, 0.6) is 0 Å². The second-order valence-electron chi connectivity index (χ2n) is 5.31. The third kappa shape index (κ3) is 3.16. The molecule has 0 bridgehead atoms. The first kappa shape index (κ1) is 14.8. The Morgan fingerprint density at radius 3 is 2.80 bits per heavy atom. The molecule has 4 rings (SSSR count). The van der Waals surface area contributed by atoms with Crippen molar-refractivity contribution in [2.75, 3.05) is 5.32 Å². The molecule has 0 radical (unpaired) electrons. The van der Waals surface area contributed by atoms with Crippen LogP contribution in [0.25, 0.3) is 17.4 Å². The number of anilines is 1. The highest BCUT2D eigenvalue weighted by Gasteiger charge is 2.04. The van der Waals surface area contributed by atoms with Crippen LogP contribution in [0, 0.1) is 0 Å². The summed E-state index contributed by atoms with van der Waals surface area (Å²) in [5, 5.41) is 11.2. The third-order valence-corrected chi connectivity index (χ3v) is 3.59. The number of hydrogen-bond donors (Lipinski definition) is 1. The number of carbonyl (C=O) groups is 1. The fraction of sp³-hybridized carbons (Fsp3) is 0. The zero-order valence-corrected chi connectivity index (χ0v) is 13.1. The first-order valence-electron chi connectivity index (χ1n) is 7.67. The van der Waals surface area contributed by atoms with E-state index in [1.165, 1.54) is 6.08 Å². The maximum Gasteiger partial charge on any atom is 0.249 e. The van der Waals surface area contributed by atoms with Crippen molar-refractivity contribution in [3.8, 4) is 5.69 Å². The molecule has 1 aromatic carbocycles. The molecular weight excluding hydrogens is 316 g/mol. The Hall–Kier alpha value is -3.74. The lowest BCUT2D eigenvalue weighted by Gasteiger charge is -2.03. The number of fused-ring (bicyclic) bond motifs is 1. The van der Waals surface area contributed by atoms with Gasteiger partial charge in [-0.2, -0.15) is 14.7 Å². The van der Waals surface area contributed by atoms with Crippen LogP contribution in [0.2, 0.25) is 0 Å². The normalized spacial score (nSPS) is 11.2. The lowest BCUT2D eigenvalue weighted by molar-refractivity contribution is -0.111. The van der Waals surface area contributed by atoms with Gasteiger partial charge < -0.3 is 5.32 Å². The molecule has 0 atom stereocenters. The van der Waals surface area contributed by atoms with Gasteiger partial charge in [-0.1, -0.05) is 18.2 Å². The van der Waals surface area contributed by atoms with Crippen LogP contribution in [-0.4, -0.2) is 30.3 Å². The number of rotatable bonds is 4. The maximum absolute atomic E-state index is 12.1. The molecule has 0 unspecified atom stereocenters. The highest BCUT2D eigenvalue weighted by atomic mass is 16.1. The number of hydrogen-bond acceptors (Lipinski definition) is 4. The van der Waals surface area contributed by atoms with E-state index in [4.69, 9.17) is 0 Å². The van der Waals surface area contributed by atoms with Gasteiger partial charge in [-0.05, 0) is 24.3 Å². The number of aromatic nitrogens is 5. The number of benzene rings is 1. The van der Waals surface area contributed by atoms with Gasteiger partial charge >= 0.3 is 0 Å². The Morgan fingerprint density at radius 1 is 1.04 bits per heavy atom. The zero-order chi connectivity index (χ0) is 17.1. The molecule has 4 aromatic rings. The molecule has 122 valence electrons. The molecule has 0 aliphatic rings. The maximum atomic E-state index is 12.1. The van der Waals surface area contributed by atoms with Gasteiger partial charge in [0.15, 0.2) is 5.65 Å². The largest absolute Gasteiger partial charge is 0.307 e. The summed E-state index contributed by atoms with van der Waals surface area (Å²) in [7, 11) is 0. The molecule has 0 spiro atoms. The van der Waals surface area contributed by atoms with Crippen molar-refractivity contribution >= 4 is 23.4 Å². The van der Waals surface area contributed by atoms with Crippen molar-refractivity contribution in [2.45, 2.75) is 0 Å². The van der Waals surface area contributed by atoms with Gasteiger partial charge in [0.05, 0.1) is 18.1 Å². The number of amides is 1. The minimum absolute atomic E-state index is 0.254. The number of nitrogens with zero attached hydrogens (tertiary/aromatic N) is 5. The molecule has 0 aliphatic heterocycles. The molecule has 25 heavy (non-hydrogen) atoms. The molecule has 0 fully saturated rings. The topological polar surface area (TPSA) is 77.1 Å². The fourth-order valence-corrected chi connectivity index (χ4v) is 2.41. The first-order valence-corrected chi connectivity index (χ1v) is 7.67. The van der Waals surface area contributed by atoms with Crippen LogP contribution in [0.1, 0.15) is 5.56 Å². The second-order valence-corrected chi connectivity index (χ2v) is 5.31. The Morgan fingerprint density at radius 2 is 1.92 bits per heavy atom. The molecule has 1 amide bonds. The molecule has 0 saturated carbocycles. The van der Waals surface area contributed by atoms with E-state index in [1.54, 1.807) is 46.0 Å². The SMILES string of the molecule is O=C(/C=C\c1cnn(-c2ccccc2)c1)Nc1ccnc2ccnn12. The summed E-state index contributed by atoms with van der Waals surface area (Å²) in [6.45, 7) is 0. The van der Waals surface area contributed by atoms with Crippen LogP contribution in [0.15, 0.2) is 73.3 Å². The van der Waals surface area contributed by atoms with E-state index in [2.05, 4.69) is 20.5 Å². The van der Waals surface area contributed by atoms with Crippen LogP contribution < -0.4 is 5.32 Å². The molecule has 0 aliphatic carbocycles. The minimum atomic E-state index is -0.254. The van der Waals surface area contributed by atoms with E-state index in [9.17, 15) is 4.79 Å². The second kappa shape index (κ2) is 6.40. The Bertz CT molecular complexity index is 1050. The van der Waals surface area contributed by atoms with Gasteiger partial charge in [0.2, 0.25) is 5.91 Å². The fourth-order valence-electron chi connectivity index (χ4n) is 2.41. The summed E-state index contributed by atoms with van der Waals surface area (Å²) in [5.74, 6) is 0.306. The summed E-state index contributed by atoms with van der Waals surface area (Å²) in [4.78, 5) is 16.3. The summed E-state index contributed by atoms with van der Waals surface area (Å²) in [5.41, 5.74) is 2.47. The van der Waals surface area contributed by atoms with Crippen molar-refractivity contribution in [3.05, 3.63) is 78.9 Å². The summed E-state index contributed by atoms with van der Waals surface area (Å²) in [6.07, 6.45) is 9.99. The molecular formula is C18H14N6O. The molecule has 7 heteroatoms. The van der Waals surface area contributed by atoms with Crippen LogP contribution >= 0.6 is 0 Å². The van der Waals surface area contributed by atoms with Gasteiger partial charge in [0.1, 0.15) is 5.82 Å². The van der Waals surface area contributed by atoms with E-state index in [-0.39, 0.29) is 5.91 Å². The van der Waals surface area contributed by atoms with Gasteiger partial charge in [0, 0.05) is 30.1 Å². The van der Waals surface area contributed by atoms with Crippen LogP contribution in [-0.2, 0) is 4.79 Å². The average molecular weight is 330 g/mol. The molecule has 3 aromatic heterocycles. The summed E-state index contributed by atoms with van der Waals surface area (Å²) in [6, 6.07) is 13.2. The van der Waals surface area contributed by atoms with E-state index in [1.807, 2.05) is 36.5 Å². The van der Waals surface area contributed by atoms with Gasteiger partial charge in [0.25, 0.3) is 0 Å². The van der Waals surface area contributed by atoms with Crippen LogP contribution in [0.3, 0.4) is 0 Å². The standard InChI is InChI=1S/C18H14N6O/c25-18(22-17-8-10-19-16-9-11-20-24(16)17)7-6-14-12-21-23(13-14)15-4-2-1-3-5-15/h1-13H,(H,22,25)/b7-6-. The summed E-state index contributed by atoms with van der Waals surface area (Å²) < 4.78 is 3.33. The number of para-hydroxylation sites is 1. The lowest BCUT2D eigenvalue weighted by Crippen LogP contribution is -2.11. The minimum Gasteiger partial charge on any atom is -0.307 e. The van der Waals surface area contributed by atoms with E-state index in [0.29, 0.717) is 11.5 Å². The van der Waals surface area contributed by atoms with E-state index < -0.39 is 0 Å². The van der Waals surface area contributed by atoms with Crippen molar-refractivity contribution in [1.82, 2.24) is 24.4 Å².